The van der Waals surface area contributed by atoms with Gasteiger partial charge in [-0.2, -0.15) is 0 Å². The molecule has 0 saturated carbocycles. The summed E-state index contributed by atoms with van der Waals surface area (Å²) in [6.45, 7) is 0. The zero-order chi connectivity index (χ0) is 18.1. The maximum atomic E-state index is 13.1. The summed E-state index contributed by atoms with van der Waals surface area (Å²) < 4.78 is 0. The monoisotopic (exact) mass is 339 g/mol. The number of nitrogens with one attached hydrogen (secondary N) is 2. The number of hydrogen-bond acceptors (Lipinski definition) is 2. The molecule has 0 bridgehead atoms. The molecule has 0 saturated heterocycles. The largest absolute Gasteiger partial charge is 0.384 e. The van der Waals surface area contributed by atoms with Crippen molar-refractivity contribution < 1.29 is 4.79 Å². The first-order valence-electron chi connectivity index (χ1n) is 8.30. The number of carbonyl (C=O) groups is 1. The predicted octanol–water partition coefficient (Wildman–Crippen LogP) is 4.53. The third-order valence-electron chi connectivity index (χ3n) is 4.45. The van der Waals surface area contributed by atoms with Crippen LogP contribution in [-0.2, 0) is 0 Å². The molecule has 4 aromatic rings. The molecule has 0 spiro atoms. The van der Waals surface area contributed by atoms with Crippen LogP contribution in [0.25, 0.3) is 21.5 Å². The highest BCUT2D eigenvalue weighted by Crippen LogP contribution is 2.29. The van der Waals surface area contributed by atoms with Gasteiger partial charge in [-0.05, 0) is 51.9 Å². The molecular weight excluding hydrogens is 322 g/mol. The Morgan fingerprint density at radius 2 is 1.35 bits per heavy atom. The molecule has 26 heavy (non-hydrogen) atoms. The summed E-state index contributed by atoms with van der Waals surface area (Å²) in [7, 11) is 0. The lowest BCUT2D eigenvalue weighted by Crippen LogP contribution is -2.14. The average molecular weight is 339 g/mol. The summed E-state index contributed by atoms with van der Waals surface area (Å²) in [6, 6.07) is 24.8. The molecule has 4 aromatic carbocycles. The van der Waals surface area contributed by atoms with Crippen molar-refractivity contribution in [1.29, 1.82) is 5.41 Å². The van der Waals surface area contributed by atoms with Crippen molar-refractivity contribution >= 4 is 39.0 Å². The number of amidine groups is 1. The number of anilines is 1. The minimum atomic E-state index is -0.159. The Morgan fingerprint density at radius 3 is 1.88 bits per heavy atom. The van der Waals surface area contributed by atoms with Crippen LogP contribution >= 0.6 is 0 Å². The maximum Gasteiger partial charge on any atom is 0.256 e. The van der Waals surface area contributed by atoms with E-state index in [1.54, 1.807) is 24.3 Å². The van der Waals surface area contributed by atoms with Crippen molar-refractivity contribution in [2.45, 2.75) is 0 Å². The molecule has 0 aliphatic carbocycles. The van der Waals surface area contributed by atoms with E-state index in [1.807, 2.05) is 48.5 Å². The molecule has 0 atom stereocenters. The summed E-state index contributed by atoms with van der Waals surface area (Å²) >= 11 is 0. The van der Waals surface area contributed by atoms with Gasteiger partial charge in [0, 0.05) is 11.3 Å². The van der Waals surface area contributed by atoms with E-state index in [0.29, 0.717) is 16.8 Å². The van der Waals surface area contributed by atoms with E-state index < -0.39 is 0 Å². The van der Waals surface area contributed by atoms with Crippen LogP contribution in [-0.4, -0.2) is 11.7 Å². The molecule has 0 fully saturated rings. The highest BCUT2D eigenvalue weighted by molar-refractivity contribution is 6.21. The predicted molar refractivity (Wildman–Crippen MR) is 107 cm³/mol. The first-order chi connectivity index (χ1) is 12.6. The van der Waals surface area contributed by atoms with Gasteiger partial charge in [0.1, 0.15) is 5.84 Å². The lowest BCUT2D eigenvalue weighted by molar-refractivity contribution is 0.103. The lowest BCUT2D eigenvalue weighted by atomic mass is 9.96. The Kier molecular flexibility index (Phi) is 3.86. The van der Waals surface area contributed by atoms with Crippen LogP contribution in [0.3, 0.4) is 0 Å². The van der Waals surface area contributed by atoms with Crippen molar-refractivity contribution in [1.82, 2.24) is 0 Å². The Hall–Kier alpha value is -3.66. The fraction of sp³-hybridized carbons (Fsp3) is 0. The van der Waals surface area contributed by atoms with Crippen molar-refractivity contribution in [3.8, 4) is 0 Å². The number of rotatable bonds is 3. The minimum Gasteiger partial charge on any atom is -0.384 e. The van der Waals surface area contributed by atoms with Crippen molar-refractivity contribution in [3.05, 3.63) is 90.0 Å². The summed E-state index contributed by atoms with van der Waals surface area (Å²) in [5.74, 6) is -0.156. The van der Waals surface area contributed by atoms with Gasteiger partial charge in [-0.25, -0.2) is 0 Å². The number of carbonyl (C=O) groups excluding carboxylic acids is 1. The Morgan fingerprint density at radius 1 is 0.808 bits per heavy atom. The van der Waals surface area contributed by atoms with Crippen LogP contribution in [0.1, 0.15) is 15.9 Å². The van der Waals surface area contributed by atoms with Gasteiger partial charge in [0.25, 0.3) is 5.91 Å². The number of hydrogen-bond donors (Lipinski definition) is 3. The van der Waals surface area contributed by atoms with Gasteiger partial charge in [0.05, 0.1) is 5.56 Å². The standard InChI is InChI=1S/C22H17N3O/c23-21(24)14-9-11-17(12-10-14)25-22(26)20-18-7-3-1-5-15(18)13-16-6-2-4-8-19(16)20/h1-13H,(H3,23,24)(H,25,26). The minimum absolute atomic E-state index is 0.00271. The Bertz CT molecular complexity index is 1090. The van der Waals surface area contributed by atoms with E-state index in [2.05, 4.69) is 11.4 Å². The average Bonchev–Trinajstić information content (AvgIpc) is 2.66. The Labute approximate surface area is 150 Å². The summed E-state index contributed by atoms with van der Waals surface area (Å²) in [5, 5.41) is 14.3. The number of amides is 1. The SMILES string of the molecule is N=C(N)c1ccc(NC(=O)c2c3ccccc3cc3ccccc23)cc1. The molecule has 0 unspecified atom stereocenters. The molecule has 0 aromatic heterocycles. The topological polar surface area (TPSA) is 79.0 Å². The normalized spacial score (nSPS) is 10.8. The second-order valence-corrected chi connectivity index (χ2v) is 6.14. The van der Waals surface area contributed by atoms with Gasteiger partial charge in [-0.15, -0.1) is 0 Å². The van der Waals surface area contributed by atoms with Gasteiger partial charge in [0.2, 0.25) is 0 Å². The van der Waals surface area contributed by atoms with Crippen LogP contribution in [0.15, 0.2) is 78.9 Å². The number of benzene rings is 4. The Balaban J connectivity index is 1.81. The summed E-state index contributed by atoms with van der Waals surface area (Å²) in [4.78, 5) is 13.1. The van der Waals surface area contributed by atoms with Crippen molar-refractivity contribution in [2.24, 2.45) is 5.73 Å². The molecule has 4 nitrogen and oxygen atoms in total. The van der Waals surface area contributed by atoms with Crippen molar-refractivity contribution in [2.75, 3.05) is 5.32 Å². The fourth-order valence-corrected chi connectivity index (χ4v) is 3.19. The van der Waals surface area contributed by atoms with Gasteiger partial charge in [-0.3, -0.25) is 10.2 Å². The fourth-order valence-electron chi connectivity index (χ4n) is 3.19. The second kappa shape index (κ2) is 6.33. The van der Waals surface area contributed by atoms with Crippen LogP contribution in [0.4, 0.5) is 5.69 Å². The smallest absolute Gasteiger partial charge is 0.256 e. The third kappa shape index (κ3) is 2.78. The maximum absolute atomic E-state index is 13.1. The highest BCUT2D eigenvalue weighted by Gasteiger charge is 2.15. The first-order valence-corrected chi connectivity index (χ1v) is 8.30. The highest BCUT2D eigenvalue weighted by atomic mass is 16.1. The first kappa shape index (κ1) is 15.8. The molecule has 0 radical (unpaired) electrons. The molecule has 1 amide bonds. The molecular formula is C22H17N3O. The van der Waals surface area contributed by atoms with E-state index in [0.717, 1.165) is 21.5 Å². The van der Waals surface area contributed by atoms with Crippen LogP contribution in [0.5, 0.6) is 0 Å². The summed E-state index contributed by atoms with van der Waals surface area (Å²) in [5.41, 5.74) is 7.43. The second-order valence-electron chi connectivity index (χ2n) is 6.14. The lowest BCUT2D eigenvalue weighted by Gasteiger charge is -2.12. The van der Waals surface area contributed by atoms with Gasteiger partial charge in [0.15, 0.2) is 0 Å². The van der Waals surface area contributed by atoms with Gasteiger partial charge >= 0.3 is 0 Å². The van der Waals surface area contributed by atoms with Crippen LogP contribution in [0.2, 0.25) is 0 Å². The molecule has 4 N–H and O–H groups in total. The molecule has 0 aliphatic heterocycles. The molecule has 4 rings (SSSR count). The number of nitrogen functional groups attached to an aromatic ring is 1. The van der Waals surface area contributed by atoms with Crippen LogP contribution in [0, 0.1) is 5.41 Å². The summed E-state index contributed by atoms with van der Waals surface area (Å²) in [6.07, 6.45) is 0. The van der Waals surface area contributed by atoms with Gasteiger partial charge < -0.3 is 11.1 Å². The molecule has 126 valence electrons. The number of fused-ring (bicyclic) bond motifs is 2. The van der Waals surface area contributed by atoms with Gasteiger partial charge in [-0.1, -0.05) is 48.5 Å². The van der Waals surface area contributed by atoms with Crippen molar-refractivity contribution in [3.63, 3.8) is 0 Å². The molecule has 4 heteroatoms. The van der Waals surface area contributed by atoms with E-state index >= 15 is 0 Å². The third-order valence-corrected chi connectivity index (χ3v) is 4.45. The van der Waals surface area contributed by atoms with Crippen LogP contribution < -0.4 is 11.1 Å². The molecule has 0 aliphatic rings. The van der Waals surface area contributed by atoms with E-state index in [1.165, 1.54) is 0 Å². The molecule has 0 heterocycles. The van der Waals surface area contributed by atoms with E-state index in [4.69, 9.17) is 11.1 Å². The van der Waals surface area contributed by atoms with E-state index in [-0.39, 0.29) is 11.7 Å². The zero-order valence-corrected chi connectivity index (χ0v) is 14.0. The number of nitrogens with two attached hydrogens (primary N) is 1. The van der Waals surface area contributed by atoms with E-state index in [9.17, 15) is 4.79 Å². The quantitative estimate of drug-likeness (QED) is 0.291. The zero-order valence-electron chi connectivity index (χ0n) is 14.0.